The van der Waals surface area contributed by atoms with E-state index in [1.54, 1.807) is 27.7 Å². The summed E-state index contributed by atoms with van der Waals surface area (Å²) in [6.45, 7) is 0. The van der Waals surface area contributed by atoms with E-state index < -0.39 is 0 Å². The lowest BCUT2D eigenvalue weighted by atomic mass is 9.92. The van der Waals surface area contributed by atoms with Crippen molar-refractivity contribution in [3.05, 3.63) is 58.3 Å². The summed E-state index contributed by atoms with van der Waals surface area (Å²) in [5.74, 6) is 2.72. The van der Waals surface area contributed by atoms with Crippen LogP contribution in [0.4, 0.5) is 5.95 Å². The third-order valence-corrected chi connectivity index (χ3v) is 5.47. The highest BCUT2D eigenvalue weighted by atomic mass is 79.9. The zero-order valence-electron chi connectivity index (χ0n) is 15.8. The number of ether oxygens (including phenoxy) is 3. The molecule has 1 aliphatic rings. The number of benzene rings is 2. The summed E-state index contributed by atoms with van der Waals surface area (Å²) in [6.07, 6.45) is 2.34. The normalized spacial score (nSPS) is 18.1. The Morgan fingerprint density at radius 3 is 2.50 bits per heavy atom. The molecule has 2 aromatic carbocycles. The fourth-order valence-corrected chi connectivity index (χ4v) is 4.05. The summed E-state index contributed by atoms with van der Waals surface area (Å²) in [5, 5.41) is 7.92. The van der Waals surface area contributed by atoms with Crippen LogP contribution >= 0.6 is 15.9 Å². The molecule has 0 amide bonds. The Bertz CT molecular complexity index is 991. The number of hydrogen-bond acceptors (Lipinski definition) is 6. The SMILES string of the molecule is COc1cc(OC)c(C2CC(c3cccc(Br)c3)Nc3ncnn32)cc1OC. The predicted octanol–water partition coefficient (Wildman–Crippen LogP) is 4.21. The highest BCUT2D eigenvalue weighted by Gasteiger charge is 2.32. The van der Waals surface area contributed by atoms with E-state index in [1.807, 2.05) is 28.9 Å². The van der Waals surface area contributed by atoms with Crippen LogP contribution in [-0.2, 0) is 0 Å². The Balaban J connectivity index is 1.80. The van der Waals surface area contributed by atoms with Crippen LogP contribution in [0.25, 0.3) is 0 Å². The van der Waals surface area contributed by atoms with E-state index in [2.05, 4.69) is 43.5 Å². The molecule has 2 unspecified atom stereocenters. The maximum Gasteiger partial charge on any atom is 0.222 e. The van der Waals surface area contributed by atoms with Crippen LogP contribution in [-0.4, -0.2) is 36.1 Å². The lowest BCUT2D eigenvalue weighted by Crippen LogP contribution is -2.28. The zero-order chi connectivity index (χ0) is 19.7. The van der Waals surface area contributed by atoms with Gasteiger partial charge in [-0.3, -0.25) is 0 Å². The van der Waals surface area contributed by atoms with Crippen LogP contribution in [0.15, 0.2) is 47.2 Å². The fourth-order valence-electron chi connectivity index (χ4n) is 3.63. The maximum atomic E-state index is 5.67. The van der Waals surface area contributed by atoms with Crippen molar-refractivity contribution in [1.29, 1.82) is 0 Å². The Labute approximate surface area is 171 Å². The minimum absolute atomic E-state index is 0.0718. The van der Waals surface area contributed by atoms with Gasteiger partial charge >= 0.3 is 0 Å². The summed E-state index contributed by atoms with van der Waals surface area (Å²) in [5.41, 5.74) is 2.14. The first-order valence-electron chi connectivity index (χ1n) is 8.86. The molecule has 0 spiro atoms. The average Bonchev–Trinajstić information content (AvgIpc) is 3.20. The molecule has 0 fully saturated rings. The molecule has 1 aromatic heterocycles. The molecule has 8 heteroatoms. The number of nitrogens with zero attached hydrogens (tertiary/aromatic N) is 3. The summed E-state index contributed by atoms with van der Waals surface area (Å²) in [4.78, 5) is 4.39. The van der Waals surface area contributed by atoms with Gasteiger partial charge in [0.1, 0.15) is 12.1 Å². The van der Waals surface area contributed by atoms with Crippen molar-refractivity contribution in [3.8, 4) is 17.2 Å². The second kappa shape index (κ2) is 7.71. The molecule has 7 nitrogen and oxygen atoms in total. The molecule has 0 saturated heterocycles. The monoisotopic (exact) mass is 444 g/mol. The van der Waals surface area contributed by atoms with Gasteiger partial charge in [-0.15, -0.1) is 0 Å². The summed E-state index contributed by atoms with van der Waals surface area (Å²) in [7, 11) is 4.89. The van der Waals surface area contributed by atoms with Crippen LogP contribution in [0.1, 0.15) is 29.6 Å². The quantitative estimate of drug-likeness (QED) is 0.635. The minimum atomic E-state index is -0.0718. The Kier molecular flexibility index (Phi) is 5.13. The standard InChI is InChI=1S/C20H21BrN4O3/c1-26-17-10-19(28-3)18(27-2)8-14(17)16-9-15(12-5-4-6-13(21)7-12)24-20-22-11-23-25(16)20/h4-8,10-11,15-16H,9H2,1-3H3,(H,22,23,24). The molecule has 0 radical (unpaired) electrons. The first-order valence-corrected chi connectivity index (χ1v) is 9.65. The van der Waals surface area contributed by atoms with E-state index in [4.69, 9.17) is 14.2 Å². The fraction of sp³-hybridized carbons (Fsp3) is 0.300. The van der Waals surface area contributed by atoms with Crippen molar-refractivity contribution in [2.24, 2.45) is 0 Å². The smallest absolute Gasteiger partial charge is 0.222 e. The number of hydrogen-bond donors (Lipinski definition) is 1. The molecule has 0 aliphatic carbocycles. The number of anilines is 1. The van der Waals surface area contributed by atoms with Gasteiger partial charge in [0.05, 0.1) is 33.4 Å². The van der Waals surface area contributed by atoms with Crippen LogP contribution in [0, 0.1) is 0 Å². The third-order valence-electron chi connectivity index (χ3n) is 4.98. The Hall–Kier alpha value is -2.74. The van der Waals surface area contributed by atoms with E-state index in [-0.39, 0.29) is 12.1 Å². The molecule has 2 atom stereocenters. The van der Waals surface area contributed by atoms with E-state index in [0.717, 1.165) is 28.2 Å². The molecular weight excluding hydrogens is 424 g/mol. The van der Waals surface area contributed by atoms with Gasteiger partial charge in [0, 0.05) is 16.1 Å². The average molecular weight is 445 g/mol. The van der Waals surface area contributed by atoms with Crippen molar-refractivity contribution in [1.82, 2.24) is 14.8 Å². The van der Waals surface area contributed by atoms with Crippen molar-refractivity contribution in [3.63, 3.8) is 0 Å². The van der Waals surface area contributed by atoms with Gasteiger partial charge in [0.15, 0.2) is 11.5 Å². The van der Waals surface area contributed by atoms with Crippen molar-refractivity contribution in [2.45, 2.75) is 18.5 Å². The first kappa shape index (κ1) is 18.6. The van der Waals surface area contributed by atoms with Crippen molar-refractivity contribution >= 4 is 21.9 Å². The van der Waals surface area contributed by atoms with E-state index in [0.29, 0.717) is 11.5 Å². The molecule has 1 aliphatic heterocycles. The number of halogens is 1. The van der Waals surface area contributed by atoms with E-state index in [9.17, 15) is 0 Å². The molecule has 146 valence electrons. The largest absolute Gasteiger partial charge is 0.496 e. The second-order valence-electron chi connectivity index (χ2n) is 6.48. The van der Waals surface area contributed by atoms with Crippen molar-refractivity contribution in [2.75, 3.05) is 26.6 Å². The lowest BCUT2D eigenvalue weighted by molar-refractivity contribution is 0.341. The lowest BCUT2D eigenvalue weighted by Gasteiger charge is -2.32. The van der Waals surface area contributed by atoms with Crippen molar-refractivity contribution < 1.29 is 14.2 Å². The number of nitrogens with one attached hydrogen (secondary N) is 1. The summed E-state index contributed by atoms with van der Waals surface area (Å²) < 4.78 is 19.5. The number of rotatable bonds is 5. The molecule has 0 bridgehead atoms. The first-order chi connectivity index (χ1) is 13.6. The van der Waals surface area contributed by atoms with Gasteiger partial charge in [-0.2, -0.15) is 10.1 Å². The summed E-state index contributed by atoms with van der Waals surface area (Å²) >= 11 is 3.56. The van der Waals surface area contributed by atoms with Crippen LogP contribution in [0.5, 0.6) is 17.2 Å². The van der Waals surface area contributed by atoms with Gasteiger partial charge in [-0.05, 0) is 30.2 Å². The summed E-state index contributed by atoms with van der Waals surface area (Å²) in [6, 6.07) is 12.1. The third kappa shape index (κ3) is 3.28. The van der Waals surface area contributed by atoms with Crippen LogP contribution in [0.3, 0.4) is 0 Å². The molecule has 0 saturated carbocycles. The molecule has 1 N–H and O–H groups in total. The molecule has 4 rings (SSSR count). The molecule has 3 aromatic rings. The Morgan fingerprint density at radius 1 is 1.04 bits per heavy atom. The van der Waals surface area contributed by atoms with Crippen LogP contribution in [0.2, 0.25) is 0 Å². The highest BCUT2D eigenvalue weighted by molar-refractivity contribution is 9.10. The molecular formula is C20H21BrN4O3. The van der Waals surface area contributed by atoms with Gasteiger partial charge in [-0.1, -0.05) is 28.1 Å². The van der Waals surface area contributed by atoms with Gasteiger partial charge in [0.25, 0.3) is 0 Å². The number of aromatic nitrogens is 3. The van der Waals surface area contributed by atoms with Gasteiger partial charge < -0.3 is 19.5 Å². The molecule has 28 heavy (non-hydrogen) atoms. The maximum absolute atomic E-state index is 5.67. The topological polar surface area (TPSA) is 70.4 Å². The second-order valence-corrected chi connectivity index (χ2v) is 7.40. The van der Waals surface area contributed by atoms with Gasteiger partial charge in [0.2, 0.25) is 5.95 Å². The van der Waals surface area contributed by atoms with E-state index in [1.165, 1.54) is 5.56 Å². The van der Waals surface area contributed by atoms with Gasteiger partial charge in [-0.25, -0.2) is 4.68 Å². The van der Waals surface area contributed by atoms with E-state index >= 15 is 0 Å². The molecule has 2 heterocycles. The zero-order valence-corrected chi connectivity index (χ0v) is 17.4. The number of fused-ring (bicyclic) bond motifs is 1. The number of methoxy groups -OCH3 is 3. The highest BCUT2D eigenvalue weighted by Crippen LogP contribution is 2.44. The minimum Gasteiger partial charge on any atom is -0.496 e. The van der Waals surface area contributed by atoms with Crippen LogP contribution < -0.4 is 19.5 Å². The predicted molar refractivity (Wildman–Crippen MR) is 109 cm³/mol. The Morgan fingerprint density at radius 2 is 1.79 bits per heavy atom.